The van der Waals surface area contributed by atoms with Crippen LogP contribution in [0, 0.1) is 22.7 Å². The molecule has 0 spiro atoms. The van der Waals surface area contributed by atoms with Gasteiger partial charge in [-0.15, -0.1) is 11.3 Å². The lowest BCUT2D eigenvalue weighted by molar-refractivity contribution is 0.218. The Kier molecular flexibility index (Phi) is 5.62. The highest BCUT2D eigenvalue weighted by Gasteiger charge is 2.32. The Morgan fingerprint density at radius 2 is 2.08 bits per heavy atom. The maximum absolute atomic E-state index is 10.2. The van der Waals surface area contributed by atoms with Gasteiger partial charge in [0.25, 0.3) is 0 Å². The Hall–Kier alpha value is -1.16. The summed E-state index contributed by atoms with van der Waals surface area (Å²) < 4.78 is 1.45. The summed E-state index contributed by atoms with van der Waals surface area (Å²) >= 11 is 8.37. The largest absolute Gasteiger partial charge is 0.506 e. The number of hydrogen-bond donors (Lipinski definition) is 1. The van der Waals surface area contributed by atoms with Gasteiger partial charge in [0.15, 0.2) is 0 Å². The Balaban J connectivity index is 1.96. The lowest BCUT2D eigenvalue weighted by Gasteiger charge is -2.33. The molecule has 0 unspecified atom stereocenters. The molecule has 0 bridgehead atoms. The van der Waals surface area contributed by atoms with E-state index in [4.69, 9.17) is 0 Å². The van der Waals surface area contributed by atoms with Gasteiger partial charge >= 0.3 is 0 Å². The van der Waals surface area contributed by atoms with Crippen LogP contribution < -0.4 is 0 Å². The second-order valence-electron chi connectivity index (χ2n) is 7.69. The van der Waals surface area contributed by atoms with E-state index in [2.05, 4.69) is 63.7 Å². The fourth-order valence-electron chi connectivity index (χ4n) is 3.33. The van der Waals surface area contributed by atoms with Gasteiger partial charge in [-0.05, 0) is 64.2 Å². The SMILES string of the molecule is CC(C)(C)[C@@H]1CCc2c(sc(N=Cc3cc(Br)cc(Br)c3O)c2C#N)C1. The predicted molar refractivity (Wildman–Crippen MR) is 115 cm³/mol. The van der Waals surface area contributed by atoms with Crippen molar-refractivity contribution in [3.05, 3.63) is 42.6 Å². The van der Waals surface area contributed by atoms with Crippen molar-refractivity contribution in [2.24, 2.45) is 16.3 Å². The number of hydrogen-bond acceptors (Lipinski definition) is 4. The minimum Gasteiger partial charge on any atom is -0.506 e. The van der Waals surface area contributed by atoms with Crippen molar-refractivity contribution in [2.45, 2.75) is 40.0 Å². The van der Waals surface area contributed by atoms with Crippen LogP contribution in [0.4, 0.5) is 5.00 Å². The summed E-state index contributed by atoms with van der Waals surface area (Å²) in [6, 6.07) is 5.93. The fraction of sp³-hybridized carbons (Fsp3) is 0.400. The number of nitriles is 1. The van der Waals surface area contributed by atoms with Gasteiger partial charge < -0.3 is 5.11 Å². The zero-order valence-corrected chi connectivity index (χ0v) is 18.9. The van der Waals surface area contributed by atoms with Crippen molar-refractivity contribution in [3.8, 4) is 11.8 Å². The van der Waals surface area contributed by atoms with E-state index in [0.29, 0.717) is 21.5 Å². The molecule has 1 aromatic carbocycles. The third-order valence-corrected chi connectivity index (χ3v) is 7.19. The van der Waals surface area contributed by atoms with Gasteiger partial charge in [0, 0.05) is 21.1 Å². The molecule has 0 amide bonds. The van der Waals surface area contributed by atoms with Crippen LogP contribution in [0.3, 0.4) is 0 Å². The van der Waals surface area contributed by atoms with Gasteiger partial charge in [0.05, 0.1) is 10.0 Å². The molecule has 1 N–H and O–H groups in total. The van der Waals surface area contributed by atoms with Crippen LogP contribution in [0.25, 0.3) is 0 Å². The van der Waals surface area contributed by atoms with Crippen molar-refractivity contribution >= 4 is 54.4 Å². The Bertz CT molecular complexity index is 919. The van der Waals surface area contributed by atoms with Crippen molar-refractivity contribution in [3.63, 3.8) is 0 Å². The smallest absolute Gasteiger partial charge is 0.138 e. The number of thiophene rings is 1. The van der Waals surface area contributed by atoms with Crippen molar-refractivity contribution < 1.29 is 5.11 Å². The first kappa shape index (κ1) is 19.6. The number of fused-ring (bicyclic) bond motifs is 1. The lowest BCUT2D eigenvalue weighted by Crippen LogP contribution is -2.26. The quantitative estimate of drug-likeness (QED) is 0.468. The van der Waals surface area contributed by atoms with Crippen LogP contribution in [0.5, 0.6) is 5.75 Å². The molecule has 1 atom stereocenters. The molecule has 0 saturated heterocycles. The first-order valence-corrected chi connectivity index (χ1v) is 10.9. The summed E-state index contributed by atoms with van der Waals surface area (Å²) in [5, 5.41) is 20.6. The molecule has 136 valence electrons. The Morgan fingerprint density at radius 1 is 1.35 bits per heavy atom. The molecule has 0 aliphatic heterocycles. The average Bonchev–Trinajstić information content (AvgIpc) is 2.92. The standard InChI is InChI=1S/C20H20Br2N2OS/c1-20(2,3)12-4-5-14-15(9-23)19(26-17(14)7-12)24-10-11-6-13(21)8-16(22)18(11)25/h6,8,10,12,25H,4-5,7H2,1-3H3/t12-/m1/s1. The van der Waals surface area contributed by atoms with E-state index in [9.17, 15) is 10.4 Å². The molecule has 2 aromatic rings. The molecular formula is C20H20Br2N2OS. The molecule has 0 saturated carbocycles. The van der Waals surface area contributed by atoms with E-state index in [1.54, 1.807) is 29.7 Å². The van der Waals surface area contributed by atoms with Gasteiger partial charge in [0.2, 0.25) is 0 Å². The van der Waals surface area contributed by atoms with Crippen LogP contribution in [-0.2, 0) is 12.8 Å². The molecule has 0 radical (unpaired) electrons. The van der Waals surface area contributed by atoms with Crippen LogP contribution in [0.2, 0.25) is 0 Å². The third-order valence-electron chi connectivity index (χ3n) is 4.96. The van der Waals surface area contributed by atoms with Crippen LogP contribution >= 0.6 is 43.2 Å². The van der Waals surface area contributed by atoms with Crippen LogP contribution in [0.1, 0.15) is 48.8 Å². The molecule has 1 aliphatic rings. The van der Waals surface area contributed by atoms with E-state index in [-0.39, 0.29) is 11.2 Å². The average molecular weight is 496 g/mol. The molecule has 1 aromatic heterocycles. The molecule has 3 rings (SSSR count). The molecule has 3 nitrogen and oxygen atoms in total. The Labute approximate surface area is 175 Å². The third kappa shape index (κ3) is 3.90. The topological polar surface area (TPSA) is 56.4 Å². The molecule has 1 heterocycles. The van der Waals surface area contributed by atoms with E-state index in [1.807, 2.05) is 0 Å². The zero-order chi connectivity index (χ0) is 19.1. The van der Waals surface area contributed by atoms with Gasteiger partial charge in [-0.1, -0.05) is 36.7 Å². The highest BCUT2D eigenvalue weighted by molar-refractivity contribution is 9.11. The number of aromatic hydroxyl groups is 1. The first-order valence-electron chi connectivity index (χ1n) is 8.47. The van der Waals surface area contributed by atoms with Crippen LogP contribution in [-0.4, -0.2) is 11.3 Å². The van der Waals surface area contributed by atoms with E-state index >= 15 is 0 Å². The fourth-order valence-corrected chi connectivity index (χ4v) is 5.81. The number of aliphatic imine (C=N–C) groups is 1. The molecule has 26 heavy (non-hydrogen) atoms. The molecular weight excluding hydrogens is 476 g/mol. The minimum absolute atomic E-state index is 0.143. The van der Waals surface area contributed by atoms with Crippen LogP contribution in [0.15, 0.2) is 26.1 Å². The summed E-state index contributed by atoms with van der Waals surface area (Å²) in [6.07, 6.45) is 4.70. The van der Waals surface area contributed by atoms with Gasteiger partial charge in [-0.2, -0.15) is 5.26 Å². The van der Waals surface area contributed by atoms with Gasteiger partial charge in [-0.25, -0.2) is 4.99 Å². The summed E-state index contributed by atoms with van der Waals surface area (Å²) in [4.78, 5) is 5.84. The molecule has 0 fully saturated rings. The van der Waals surface area contributed by atoms with Gasteiger partial charge in [0.1, 0.15) is 16.8 Å². The Morgan fingerprint density at radius 3 is 2.73 bits per heavy atom. The second-order valence-corrected chi connectivity index (χ2v) is 10.5. The van der Waals surface area contributed by atoms with Crippen molar-refractivity contribution in [1.82, 2.24) is 0 Å². The van der Waals surface area contributed by atoms with E-state index in [0.717, 1.165) is 28.7 Å². The maximum Gasteiger partial charge on any atom is 0.138 e. The zero-order valence-electron chi connectivity index (χ0n) is 14.9. The maximum atomic E-state index is 10.2. The highest BCUT2D eigenvalue weighted by Crippen LogP contribution is 2.45. The molecule has 6 heteroatoms. The van der Waals surface area contributed by atoms with E-state index < -0.39 is 0 Å². The lowest BCUT2D eigenvalue weighted by atomic mass is 9.72. The summed E-state index contributed by atoms with van der Waals surface area (Å²) in [5.74, 6) is 0.770. The summed E-state index contributed by atoms with van der Waals surface area (Å²) in [5.41, 5.74) is 2.74. The minimum atomic E-state index is 0.143. The normalized spacial score (nSPS) is 17.3. The summed E-state index contributed by atoms with van der Waals surface area (Å²) in [7, 11) is 0. The number of phenolic OH excluding ortho intramolecular Hbond substituents is 1. The number of halogens is 2. The number of benzene rings is 1. The van der Waals surface area contributed by atoms with Crippen molar-refractivity contribution in [2.75, 3.05) is 0 Å². The number of phenols is 1. The second kappa shape index (κ2) is 7.46. The number of rotatable bonds is 2. The van der Waals surface area contributed by atoms with Gasteiger partial charge in [-0.3, -0.25) is 0 Å². The van der Waals surface area contributed by atoms with Crippen molar-refractivity contribution in [1.29, 1.82) is 5.26 Å². The monoisotopic (exact) mass is 494 g/mol. The number of nitrogens with zero attached hydrogens (tertiary/aromatic N) is 2. The van der Waals surface area contributed by atoms with E-state index in [1.165, 1.54) is 10.4 Å². The molecule has 1 aliphatic carbocycles. The first-order chi connectivity index (χ1) is 12.2. The predicted octanol–water partition coefficient (Wildman–Crippen LogP) is 6.75. The summed E-state index contributed by atoms with van der Waals surface area (Å²) in [6.45, 7) is 6.86. The highest BCUT2D eigenvalue weighted by atomic mass is 79.9.